The van der Waals surface area contributed by atoms with Crippen molar-refractivity contribution in [3.8, 4) is 0 Å². The van der Waals surface area contributed by atoms with E-state index >= 15 is 0 Å². The number of aliphatic hydroxyl groups is 1. The van der Waals surface area contributed by atoms with Crippen LogP contribution in [-0.4, -0.2) is 48.9 Å². The van der Waals surface area contributed by atoms with Gasteiger partial charge in [-0.3, -0.25) is 0 Å². The van der Waals surface area contributed by atoms with Crippen molar-refractivity contribution < 1.29 is 14.5 Å². The Morgan fingerprint density at radius 3 is 1.33 bits per heavy atom. The molecule has 0 radical (unpaired) electrons. The van der Waals surface area contributed by atoms with E-state index < -0.39 is 7.77 Å². The van der Waals surface area contributed by atoms with Gasteiger partial charge in [0.05, 0.1) is 28.9 Å². The van der Waals surface area contributed by atoms with Crippen LogP contribution in [0.15, 0.2) is 0 Å². The molecule has 0 bridgehead atoms. The van der Waals surface area contributed by atoms with Crippen LogP contribution in [0, 0.1) is 0 Å². The van der Waals surface area contributed by atoms with Gasteiger partial charge in [0.1, 0.15) is 6.16 Å². The van der Waals surface area contributed by atoms with E-state index in [0.29, 0.717) is 17.2 Å². The summed E-state index contributed by atoms with van der Waals surface area (Å²) in [4.78, 5) is 12.0. The summed E-state index contributed by atoms with van der Waals surface area (Å²) in [5, 5.41) is 9.90. The van der Waals surface area contributed by atoms with Gasteiger partial charge in [-0.2, -0.15) is 0 Å². The Bertz CT molecular complexity index is 364. The molecule has 0 aromatic heterocycles. The van der Waals surface area contributed by atoms with Crippen LogP contribution in [0.4, 0.5) is 0 Å². The molecule has 0 fully saturated rings. The summed E-state index contributed by atoms with van der Waals surface area (Å²) in [6, 6.07) is 0. The zero-order chi connectivity index (χ0) is 20.4. The zero-order valence-corrected chi connectivity index (χ0v) is 19.9. The first-order valence-electron chi connectivity index (χ1n) is 11.7. The lowest BCUT2D eigenvalue weighted by Gasteiger charge is -2.22. The smallest absolute Gasteiger partial charge is 0.273 e. The van der Waals surface area contributed by atoms with Crippen molar-refractivity contribution in [2.24, 2.45) is 0 Å². The molecule has 0 saturated carbocycles. The number of aliphatic hydroxyl groups excluding tert-OH is 1. The van der Waals surface area contributed by atoms with E-state index in [9.17, 15) is 10.00 Å². The molecule has 162 valence electrons. The Hall–Kier alpha value is 0.0500. The molecule has 0 saturated heterocycles. The van der Waals surface area contributed by atoms with Gasteiger partial charge in [0, 0.05) is 0 Å². The largest absolute Gasteiger partial charge is 0.629 e. The highest BCUT2D eigenvalue weighted by Gasteiger charge is 2.16. The average molecular weight is 403 g/mol. The Balaban J connectivity index is 3.33. The van der Waals surface area contributed by atoms with Gasteiger partial charge < -0.3 is 14.5 Å². The van der Waals surface area contributed by atoms with Gasteiger partial charge in [-0.05, 0) is 12.8 Å². The van der Waals surface area contributed by atoms with Gasteiger partial charge in [0.2, 0.25) is 0 Å². The SMILES string of the molecule is CCCCCCCCCCCCCCCCCC[P+]([O-])=C(O)C[N+](C)(C)C. The molecule has 1 N–H and O–H groups in total. The fraction of sp³-hybridized carbons (Fsp3) is 0.957. The Morgan fingerprint density at radius 2 is 1.00 bits per heavy atom. The molecule has 0 spiro atoms. The van der Waals surface area contributed by atoms with Gasteiger partial charge in [0.25, 0.3) is 5.48 Å². The van der Waals surface area contributed by atoms with Crippen LogP contribution < -0.4 is 4.89 Å². The summed E-state index contributed by atoms with van der Waals surface area (Å²) in [7, 11) is 4.48. The minimum atomic E-state index is -1.54. The van der Waals surface area contributed by atoms with Crippen molar-refractivity contribution in [1.29, 1.82) is 0 Å². The monoisotopic (exact) mass is 402 g/mol. The lowest BCUT2D eigenvalue weighted by atomic mass is 10.0. The normalized spacial score (nSPS) is 13.1. The second-order valence-electron chi connectivity index (χ2n) is 9.27. The van der Waals surface area contributed by atoms with E-state index in [-0.39, 0.29) is 5.48 Å². The van der Waals surface area contributed by atoms with Crippen LogP contribution in [0.5, 0.6) is 0 Å². The van der Waals surface area contributed by atoms with E-state index in [0.717, 1.165) is 12.8 Å². The van der Waals surface area contributed by atoms with E-state index in [1.54, 1.807) is 0 Å². The van der Waals surface area contributed by atoms with Crippen LogP contribution in [0.1, 0.15) is 110 Å². The number of nitrogens with zero attached hydrogens (tertiary/aromatic N) is 1. The summed E-state index contributed by atoms with van der Waals surface area (Å²) >= 11 is 0. The average Bonchev–Trinajstić information content (AvgIpc) is 2.59. The molecule has 0 aliphatic rings. The van der Waals surface area contributed by atoms with Gasteiger partial charge in [-0.15, -0.1) is 0 Å². The number of quaternary nitrogens is 1. The molecule has 0 aromatic carbocycles. The van der Waals surface area contributed by atoms with Gasteiger partial charge >= 0.3 is 0 Å². The van der Waals surface area contributed by atoms with Crippen LogP contribution in [0.2, 0.25) is 0 Å². The molecule has 0 rings (SSSR count). The van der Waals surface area contributed by atoms with Crippen LogP contribution in [0.3, 0.4) is 0 Å². The number of likely N-dealkylation sites (N-methyl/N-ethyl adjacent to an activating group) is 1. The number of unbranched alkanes of at least 4 members (excludes halogenated alkanes) is 15. The second-order valence-corrected chi connectivity index (χ2v) is 11.0. The molecule has 1 unspecified atom stereocenters. The van der Waals surface area contributed by atoms with Crippen molar-refractivity contribution in [3.05, 3.63) is 0 Å². The standard InChI is InChI=1S/C23H48NO2P/c1-5-6-7-8-9-10-11-12-13-14-15-16-17-18-19-20-21-27(26)23(25)22-24(2,3)4/h5-22H2,1-4H3/p+1. The Morgan fingerprint density at radius 1 is 0.667 bits per heavy atom. The molecule has 0 amide bonds. The summed E-state index contributed by atoms with van der Waals surface area (Å²) in [5.74, 6) is 0. The highest BCUT2D eigenvalue weighted by molar-refractivity contribution is 7.51. The number of hydrogen-bond acceptors (Lipinski definition) is 1. The molecule has 0 aliphatic carbocycles. The molecule has 0 aliphatic heterocycles. The maximum atomic E-state index is 12.0. The predicted octanol–water partition coefficient (Wildman–Crippen LogP) is 6.21. The minimum Gasteiger partial charge on any atom is -0.629 e. The van der Waals surface area contributed by atoms with Crippen molar-refractivity contribution in [2.45, 2.75) is 110 Å². The molecule has 0 heterocycles. The first-order valence-corrected chi connectivity index (χ1v) is 13.1. The van der Waals surface area contributed by atoms with Gasteiger partial charge in [-0.1, -0.05) is 96.8 Å². The maximum Gasteiger partial charge on any atom is 0.273 e. The van der Waals surface area contributed by atoms with Gasteiger partial charge in [-0.25, -0.2) is 0 Å². The van der Waals surface area contributed by atoms with E-state index in [1.165, 1.54) is 89.9 Å². The zero-order valence-electron chi connectivity index (χ0n) is 19.0. The second kappa shape index (κ2) is 18.1. The first-order chi connectivity index (χ1) is 12.9. The molecule has 0 aromatic rings. The van der Waals surface area contributed by atoms with E-state index in [1.807, 2.05) is 21.1 Å². The lowest BCUT2D eigenvalue weighted by molar-refractivity contribution is -0.861. The number of hydrogen-bond donors (Lipinski definition) is 1. The molecule has 4 heteroatoms. The molecular formula is C23H49NO2P+. The molecule has 1 atom stereocenters. The van der Waals surface area contributed by atoms with Crippen molar-refractivity contribution in [1.82, 2.24) is 0 Å². The topological polar surface area (TPSA) is 43.3 Å². The van der Waals surface area contributed by atoms with Crippen LogP contribution in [0.25, 0.3) is 0 Å². The molecule has 27 heavy (non-hydrogen) atoms. The van der Waals surface area contributed by atoms with Crippen LogP contribution in [-0.2, 0) is 0 Å². The Labute approximate surface area is 171 Å². The number of rotatable bonds is 19. The first kappa shape index (κ1) is 27.0. The van der Waals surface area contributed by atoms with Crippen LogP contribution >= 0.6 is 7.77 Å². The van der Waals surface area contributed by atoms with Crippen molar-refractivity contribution >= 4 is 13.3 Å². The fourth-order valence-electron chi connectivity index (χ4n) is 3.44. The quantitative estimate of drug-likeness (QED) is 0.158. The third-order valence-electron chi connectivity index (χ3n) is 5.12. The third-order valence-corrected chi connectivity index (χ3v) is 6.56. The predicted molar refractivity (Wildman–Crippen MR) is 121 cm³/mol. The third kappa shape index (κ3) is 20.6. The van der Waals surface area contributed by atoms with E-state index in [2.05, 4.69) is 6.92 Å². The summed E-state index contributed by atoms with van der Waals surface area (Å²) < 4.78 is 0.631. The Kier molecular flexibility index (Phi) is 18.1. The highest BCUT2D eigenvalue weighted by atomic mass is 31.1. The maximum absolute atomic E-state index is 12.0. The highest BCUT2D eigenvalue weighted by Crippen LogP contribution is 2.18. The summed E-state index contributed by atoms with van der Waals surface area (Å²) in [5.41, 5.74) is 0.193. The van der Waals surface area contributed by atoms with Gasteiger partial charge in [0.15, 0.2) is 6.54 Å². The summed E-state index contributed by atoms with van der Waals surface area (Å²) in [6.45, 7) is 2.77. The fourth-order valence-corrected chi connectivity index (χ4v) is 4.79. The summed E-state index contributed by atoms with van der Waals surface area (Å²) in [6.07, 6.45) is 22.2. The lowest BCUT2D eigenvalue weighted by Crippen LogP contribution is -2.39. The van der Waals surface area contributed by atoms with Crippen molar-refractivity contribution in [3.63, 3.8) is 0 Å². The van der Waals surface area contributed by atoms with E-state index in [4.69, 9.17) is 0 Å². The van der Waals surface area contributed by atoms with Crippen molar-refractivity contribution in [2.75, 3.05) is 33.8 Å². The molecular weight excluding hydrogens is 353 g/mol. The molecule has 3 nitrogen and oxygen atoms in total. The minimum absolute atomic E-state index is 0.193.